The molecule has 0 N–H and O–H groups in total. The van der Waals surface area contributed by atoms with Crippen LogP contribution in [0.25, 0.3) is 0 Å². The predicted octanol–water partition coefficient (Wildman–Crippen LogP) is 8.56. The van der Waals surface area contributed by atoms with E-state index in [1.165, 1.54) is 44.1 Å². The Hall–Kier alpha value is -2.33. The first-order chi connectivity index (χ1) is 17.1. The first kappa shape index (κ1) is 28.9. The molecule has 0 spiro atoms. The van der Waals surface area contributed by atoms with Gasteiger partial charge in [-0.1, -0.05) is 83.1 Å². The second kappa shape index (κ2) is 18.0. The third kappa shape index (κ3) is 12.3. The highest BCUT2D eigenvalue weighted by Crippen LogP contribution is 2.22. The first-order valence-corrected chi connectivity index (χ1v) is 13.8. The number of ether oxygens (including phenoxy) is 3. The maximum atomic E-state index is 12.8. The smallest absolute Gasteiger partial charge is 0.347 e. The van der Waals surface area contributed by atoms with E-state index in [2.05, 4.69) is 20.8 Å². The molecule has 0 heterocycles. The topological polar surface area (TPSA) is 44.8 Å². The van der Waals surface area contributed by atoms with Gasteiger partial charge in [-0.25, -0.2) is 4.79 Å². The van der Waals surface area contributed by atoms with Crippen LogP contribution in [0.3, 0.4) is 0 Å². The fourth-order valence-corrected chi connectivity index (χ4v) is 4.06. The molecule has 0 saturated carbocycles. The molecule has 0 bridgehead atoms. The minimum absolute atomic E-state index is 0.299. The maximum Gasteiger partial charge on any atom is 0.347 e. The molecule has 1 unspecified atom stereocenters. The van der Waals surface area contributed by atoms with Gasteiger partial charge in [-0.05, 0) is 68.9 Å². The van der Waals surface area contributed by atoms with E-state index < -0.39 is 0 Å². The van der Waals surface area contributed by atoms with Gasteiger partial charge in [0.15, 0.2) is 0 Å². The normalized spacial score (nSPS) is 11.9. The van der Waals surface area contributed by atoms with Gasteiger partial charge in [0.05, 0.1) is 12.7 Å². The Bertz CT molecular complexity index is 815. The van der Waals surface area contributed by atoms with Crippen molar-refractivity contribution < 1.29 is 19.0 Å². The van der Waals surface area contributed by atoms with E-state index in [0.29, 0.717) is 29.8 Å². The Morgan fingerprint density at radius 2 is 1.46 bits per heavy atom. The van der Waals surface area contributed by atoms with Crippen molar-refractivity contribution in [2.24, 2.45) is 0 Å². The Morgan fingerprint density at radius 3 is 2.17 bits per heavy atom. The number of hydrogen-bond donors (Lipinski definition) is 0. The molecule has 0 aliphatic carbocycles. The first-order valence-electron chi connectivity index (χ1n) is 13.8. The monoisotopic (exact) mass is 482 g/mol. The van der Waals surface area contributed by atoms with Crippen LogP contribution in [0.4, 0.5) is 0 Å². The summed E-state index contributed by atoms with van der Waals surface area (Å²) in [6.45, 7) is 7.96. The second-order valence-electron chi connectivity index (χ2n) is 9.43. The minimum Gasteiger partial charge on any atom is -0.493 e. The van der Waals surface area contributed by atoms with E-state index in [1.807, 2.05) is 42.5 Å². The summed E-state index contributed by atoms with van der Waals surface area (Å²) < 4.78 is 17.3. The SMILES string of the molecule is CCCCCCCCCCOc1ccccc1C(=O)Oc1ccc(CCCC(C)OCCC)cc1. The third-order valence-electron chi connectivity index (χ3n) is 6.18. The molecule has 0 aliphatic rings. The van der Waals surface area contributed by atoms with Gasteiger partial charge in [-0.2, -0.15) is 0 Å². The van der Waals surface area contributed by atoms with E-state index in [1.54, 1.807) is 6.07 Å². The van der Waals surface area contributed by atoms with Crippen LogP contribution in [-0.2, 0) is 11.2 Å². The molecule has 2 aromatic carbocycles. The lowest BCUT2D eigenvalue weighted by atomic mass is 10.1. The zero-order valence-electron chi connectivity index (χ0n) is 22.2. The number of para-hydroxylation sites is 1. The molecule has 194 valence electrons. The standard InChI is InChI=1S/C31H46O4/c1-4-6-7-8-9-10-11-14-25-34-30-19-13-12-18-29(30)31(32)35-28-22-20-27(21-23-28)17-15-16-26(3)33-24-5-2/h12-13,18-23,26H,4-11,14-17,24-25H2,1-3H3. The van der Waals surface area contributed by atoms with Crippen molar-refractivity contribution in [2.45, 2.75) is 104 Å². The largest absolute Gasteiger partial charge is 0.493 e. The highest BCUT2D eigenvalue weighted by molar-refractivity contribution is 5.93. The van der Waals surface area contributed by atoms with Crippen molar-refractivity contribution in [3.8, 4) is 11.5 Å². The Labute approximate surface area is 213 Å². The van der Waals surface area contributed by atoms with Crippen LogP contribution in [0, 0.1) is 0 Å². The van der Waals surface area contributed by atoms with E-state index in [9.17, 15) is 4.79 Å². The number of aryl methyl sites for hydroxylation is 1. The van der Waals surface area contributed by atoms with Gasteiger partial charge in [0.25, 0.3) is 0 Å². The fourth-order valence-electron chi connectivity index (χ4n) is 4.06. The van der Waals surface area contributed by atoms with Crippen molar-refractivity contribution in [3.63, 3.8) is 0 Å². The summed E-state index contributed by atoms with van der Waals surface area (Å²) in [6.07, 6.45) is 14.5. The van der Waals surface area contributed by atoms with Crippen molar-refractivity contribution in [1.29, 1.82) is 0 Å². The van der Waals surface area contributed by atoms with Crippen LogP contribution in [-0.4, -0.2) is 25.3 Å². The summed E-state index contributed by atoms with van der Waals surface area (Å²) >= 11 is 0. The highest BCUT2D eigenvalue weighted by atomic mass is 16.5. The van der Waals surface area contributed by atoms with Gasteiger partial charge in [-0.15, -0.1) is 0 Å². The summed E-state index contributed by atoms with van der Waals surface area (Å²) in [5.74, 6) is 0.763. The number of carbonyl (C=O) groups is 1. The van der Waals surface area contributed by atoms with Crippen LogP contribution < -0.4 is 9.47 Å². The highest BCUT2D eigenvalue weighted by Gasteiger charge is 2.14. The lowest BCUT2D eigenvalue weighted by molar-refractivity contribution is 0.0595. The van der Waals surface area contributed by atoms with Crippen LogP contribution in [0.2, 0.25) is 0 Å². The molecule has 0 fully saturated rings. The number of carbonyl (C=O) groups excluding carboxylic acids is 1. The molecule has 0 aromatic heterocycles. The summed E-state index contributed by atoms with van der Waals surface area (Å²) in [5.41, 5.74) is 1.71. The molecule has 4 nitrogen and oxygen atoms in total. The third-order valence-corrected chi connectivity index (χ3v) is 6.18. The second-order valence-corrected chi connectivity index (χ2v) is 9.43. The van der Waals surface area contributed by atoms with E-state index in [0.717, 1.165) is 45.1 Å². The predicted molar refractivity (Wildman–Crippen MR) is 145 cm³/mol. The van der Waals surface area contributed by atoms with Crippen LogP contribution in [0.5, 0.6) is 11.5 Å². The Balaban J connectivity index is 1.74. The van der Waals surface area contributed by atoms with Gasteiger partial charge in [0, 0.05) is 6.61 Å². The number of unbranched alkanes of at least 4 members (excludes halogenated alkanes) is 7. The molecule has 35 heavy (non-hydrogen) atoms. The fraction of sp³-hybridized carbons (Fsp3) is 0.581. The average Bonchev–Trinajstić information content (AvgIpc) is 2.87. The summed E-state index contributed by atoms with van der Waals surface area (Å²) in [7, 11) is 0. The Kier molecular flexibility index (Phi) is 14.9. The molecule has 0 aliphatic heterocycles. The number of esters is 1. The number of hydrogen-bond acceptors (Lipinski definition) is 4. The maximum absolute atomic E-state index is 12.8. The number of rotatable bonds is 19. The van der Waals surface area contributed by atoms with Crippen molar-refractivity contribution in [1.82, 2.24) is 0 Å². The van der Waals surface area contributed by atoms with E-state index in [4.69, 9.17) is 14.2 Å². The van der Waals surface area contributed by atoms with Gasteiger partial charge in [0.1, 0.15) is 17.1 Å². The van der Waals surface area contributed by atoms with Gasteiger partial charge in [-0.3, -0.25) is 0 Å². The summed E-state index contributed by atoms with van der Waals surface area (Å²) in [6, 6.07) is 15.1. The molecule has 2 rings (SSSR count). The van der Waals surface area contributed by atoms with Crippen LogP contribution in [0.15, 0.2) is 48.5 Å². The molecule has 0 amide bonds. The van der Waals surface area contributed by atoms with E-state index >= 15 is 0 Å². The quantitative estimate of drug-likeness (QED) is 0.114. The van der Waals surface area contributed by atoms with Gasteiger partial charge >= 0.3 is 5.97 Å². The minimum atomic E-state index is -0.383. The van der Waals surface area contributed by atoms with Crippen molar-refractivity contribution >= 4 is 5.97 Å². The zero-order valence-corrected chi connectivity index (χ0v) is 22.2. The van der Waals surface area contributed by atoms with Crippen molar-refractivity contribution in [2.75, 3.05) is 13.2 Å². The lowest BCUT2D eigenvalue weighted by Crippen LogP contribution is -2.11. The molecule has 0 saturated heterocycles. The zero-order chi connectivity index (χ0) is 25.1. The molecule has 0 radical (unpaired) electrons. The van der Waals surface area contributed by atoms with Gasteiger partial charge in [0.2, 0.25) is 0 Å². The lowest BCUT2D eigenvalue weighted by Gasteiger charge is -2.12. The van der Waals surface area contributed by atoms with Gasteiger partial charge < -0.3 is 14.2 Å². The molecule has 1 atom stereocenters. The van der Waals surface area contributed by atoms with Crippen LogP contribution >= 0.6 is 0 Å². The average molecular weight is 483 g/mol. The molecule has 4 heteroatoms. The van der Waals surface area contributed by atoms with E-state index in [-0.39, 0.29) is 5.97 Å². The van der Waals surface area contributed by atoms with Crippen molar-refractivity contribution in [3.05, 3.63) is 59.7 Å². The van der Waals surface area contributed by atoms with Crippen LogP contribution in [0.1, 0.15) is 107 Å². The molecular formula is C31H46O4. The molecule has 2 aromatic rings. The Morgan fingerprint density at radius 1 is 0.771 bits per heavy atom. The number of benzene rings is 2. The molecular weight excluding hydrogens is 436 g/mol. The summed E-state index contributed by atoms with van der Waals surface area (Å²) in [4.78, 5) is 12.8. The summed E-state index contributed by atoms with van der Waals surface area (Å²) in [5, 5.41) is 0.